The van der Waals surface area contributed by atoms with Crippen molar-refractivity contribution < 1.29 is 4.74 Å². The van der Waals surface area contributed by atoms with E-state index in [0.717, 1.165) is 32.2 Å². The summed E-state index contributed by atoms with van der Waals surface area (Å²) in [6.45, 7) is 1.44. The maximum atomic E-state index is 5.84. The molecule has 1 aliphatic rings. The first-order valence-electron chi connectivity index (χ1n) is 6.22. The molecule has 0 bridgehead atoms. The second kappa shape index (κ2) is 6.51. The maximum Gasteiger partial charge on any atom is 0.222 e. The molecule has 1 aliphatic carbocycles. The summed E-state index contributed by atoms with van der Waals surface area (Å²) in [5, 5.41) is 3.12. The van der Waals surface area contributed by atoms with Crippen molar-refractivity contribution in [3.05, 3.63) is 18.5 Å². The van der Waals surface area contributed by atoms with E-state index in [2.05, 4.69) is 15.3 Å². The second-order valence-electron chi connectivity index (χ2n) is 4.41. The summed E-state index contributed by atoms with van der Waals surface area (Å²) < 4.78 is 5.78. The fraction of sp³-hybridized carbons (Fsp3) is 0.667. The van der Waals surface area contributed by atoms with Gasteiger partial charge in [0.05, 0.1) is 12.7 Å². The van der Waals surface area contributed by atoms with E-state index in [1.54, 1.807) is 18.5 Å². The molecule has 1 aromatic heterocycles. The van der Waals surface area contributed by atoms with E-state index in [-0.39, 0.29) is 0 Å². The zero-order valence-corrected chi connectivity index (χ0v) is 10.0. The zero-order valence-electron chi connectivity index (χ0n) is 10.0. The van der Waals surface area contributed by atoms with E-state index < -0.39 is 0 Å². The van der Waals surface area contributed by atoms with Gasteiger partial charge < -0.3 is 15.8 Å². The maximum absolute atomic E-state index is 5.84. The molecule has 0 aromatic carbocycles. The highest BCUT2D eigenvalue weighted by molar-refractivity contribution is 5.21. The largest absolute Gasteiger partial charge is 0.376 e. The summed E-state index contributed by atoms with van der Waals surface area (Å²) in [5.74, 6) is 0.654. The first-order valence-corrected chi connectivity index (χ1v) is 6.22. The number of anilines is 1. The molecule has 0 spiro atoms. The molecule has 5 nitrogen and oxygen atoms in total. The normalized spacial score (nSPS) is 24.5. The van der Waals surface area contributed by atoms with E-state index >= 15 is 0 Å². The Bertz CT molecular complexity index is 312. The molecule has 0 atom stereocenters. The molecular weight excluding hydrogens is 216 g/mol. The molecule has 0 radical (unpaired) electrons. The lowest BCUT2D eigenvalue weighted by atomic mass is 9.94. The second-order valence-corrected chi connectivity index (χ2v) is 4.41. The van der Waals surface area contributed by atoms with Crippen LogP contribution in [-0.2, 0) is 4.74 Å². The molecule has 94 valence electrons. The Kier molecular flexibility index (Phi) is 4.70. The number of nitrogens with zero attached hydrogens (tertiary/aromatic N) is 2. The average Bonchev–Trinajstić information content (AvgIpc) is 2.38. The topological polar surface area (TPSA) is 73.1 Å². The summed E-state index contributed by atoms with van der Waals surface area (Å²) in [4.78, 5) is 8.16. The highest BCUT2D eigenvalue weighted by Crippen LogP contribution is 2.19. The van der Waals surface area contributed by atoms with Crippen molar-refractivity contribution in [3.63, 3.8) is 0 Å². The Labute approximate surface area is 102 Å². The number of nitrogens with two attached hydrogens (primary N) is 1. The predicted molar refractivity (Wildman–Crippen MR) is 66.7 cm³/mol. The summed E-state index contributed by atoms with van der Waals surface area (Å²) in [7, 11) is 0. The molecule has 0 aliphatic heterocycles. The van der Waals surface area contributed by atoms with Crippen LogP contribution < -0.4 is 11.1 Å². The van der Waals surface area contributed by atoms with Crippen LogP contribution in [0.15, 0.2) is 18.5 Å². The number of hydrogen-bond donors (Lipinski definition) is 2. The Hall–Kier alpha value is -1.20. The lowest BCUT2D eigenvalue weighted by Gasteiger charge is -2.26. The van der Waals surface area contributed by atoms with E-state index in [1.165, 1.54) is 0 Å². The third-order valence-electron chi connectivity index (χ3n) is 3.02. The van der Waals surface area contributed by atoms with E-state index in [1.807, 2.05) is 0 Å². The van der Waals surface area contributed by atoms with Gasteiger partial charge in [-0.1, -0.05) is 0 Å². The standard InChI is InChI=1S/C12H20N4O/c13-10-2-4-11(5-3-10)17-9-8-16-12-14-6-1-7-15-12/h1,6-7,10-11H,2-5,8-9,13H2,(H,14,15,16). The quantitative estimate of drug-likeness (QED) is 0.751. The van der Waals surface area contributed by atoms with Gasteiger partial charge in [0, 0.05) is 25.0 Å². The highest BCUT2D eigenvalue weighted by Gasteiger charge is 2.18. The minimum atomic E-state index is 0.380. The van der Waals surface area contributed by atoms with Gasteiger partial charge in [-0.25, -0.2) is 9.97 Å². The molecule has 0 amide bonds. The molecule has 3 N–H and O–H groups in total. The molecule has 1 saturated carbocycles. The fourth-order valence-corrected chi connectivity index (χ4v) is 2.03. The monoisotopic (exact) mass is 236 g/mol. The summed E-state index contributed by atoms with van der Waals surface area (Å²) in [5.41, 5.74) is 5.84. The van der Waals surface area contributed by atoms with Gasteiger partial charge in [-0.15, -0.1) is 0 Å². The molecule has 2 rings (SSSR count). The van der Waals surface area contributed by atoms with E-state index in [9.17, 15) is 0 Å². The molecule has 5 heteroatoms. The van der Waals surface area contributed by atoms with Gasteiger partial charge in [-0.2, -0.15) is 0 Å². The SMILES string of the molecule is NC1CCC(OCCNc2ncccn2)CC1. The van der Waals surface area contributed by atoms with Crippen LogP contribution in [-0.4, -0.2) is 35.3 Å². The van der Waals surface area contributed by atoms with Crippen molar-refractivity contribution in [2.45, 2.75) is 37.8 Å². The van der Waals surface area contributed by atoms with Gasteiger partial charge in [-0.05, 0) is 31.7 Å². The first-order chi connectivity index (χ1) is 8.34. The Morgan fingerprint density at radius 1 is 1.24 bits per heavy atom. The van der Waals surface area contributed by atoms with E-state index in [4.69, 9.17) is 10.5 Å². The van der Waals surface area contributed by atoms with Gasteiger partial charge in [0.25, 0.3) is 0 Å². The molecule has 0 saturated heterocycles. The van der Waals surface area contributed by atoms with Crippen LogP contribution in [0.3, 0.4) is 0 Å². The van der Waals surface area contributed by atoms with Gasteiger partial charge >= 0.3 is 0 Å². The fourth-order valence-electron chi connectivity index (χ4n) is 2.03. The summed E-state index contributed by atoms with van der Waals surface area (Å²) in [6, 6.07) is 2.18. The summed E-state index contributed by atoms with van der Waals surface area (Å²) in [6.07, 6.45) is 8.16. The van der Waals surface area contributed by atoms with Crippen molar-refractivity contribution in [2.24, 2.45) is 5.73 Å². The molecular formula is C12H20N4O. The lowest BCUT2D eigenvalue weighted by Crippen LogP contribution is -2.31. The first kappa shape index (κ1) is 12.3. The van der Waals surface area contributed by atoms with Crippen LogP contribution in [0.25, 0.3) is 0 Å². The third-order valence-corrected chi connectivity index (χ3v) is 3.02. The number of rotatable bonds is 5. The van der Waals surface area contributed by atoms with Crippen LogP contribution in [0.4, 0.5) is 5.95 Å². The van der Waals surface area contributed by atoms with Crippen LogP contribution in [0.2, 0.25) is 0 Å². The zero-order chi connectivity index (χ0) is 11.9. The average molecular weight is 236 g/mol. The van der Waals surface area contributed by atoms with Crippen LogP contribution in [0.1, 0.15) is 25.7 Å². The van der Waals surface area contributed by atoms with Gasteiger partial charge in [0.1, 0.15) is 0 Å². The minimum absolute atomic E-state index is 0.380. The smallest absolute Gasteiger partial charge is 0.222 e. The van der Waals surface area contributed by atoms with Gasteiger partial charge in [0.2, 0.25) is 5.95 Å². The number of hydrogen-bond acceptors (Lipinski definition) is 5. The Morgan fingerprint density at radius 3 is 2.65 bits per heavy atom. The molecule has 0 unspecified atom stereocenters. The van der Waals surface area contributed by atoms with E-state index in [0.29, 0.717) is 24.7 Å². The van der Waals surface area contributed by atoms with Crippen LogP contribution >= 0.6 is 0 Å². The van der Waals surface area contributed by atoms with Gasteiger partial charge in [0.15, 0.2) is 0 Å². The van der Waals surface area contributed by atoms with Crippen LogP contribution in [0.5, 0.6) is 0 Å². The van der Waals surface area contributed by atoms with Crippen LogP contribution in [0, 0.1) is 0 Å². The highest BCUT2D eigenvalue weighted by atomic mass is 16.5. The number of nitrogens with one attached hydrogen (secondary N) is 1. The molecule has 1 aromatic rings. The third kappa shape index (κ3) is 4.28. The Morgan fingerprint density at radius 2 is 1.94 bits per heavy atom. The lowest BCUT2D eigenvalue weighted by molar-refractivity contribution is 0.0312. The van der Waals surface area contributed by atoms with Crippen molar-refractivity contribution in [1.29, 1.82) is 0 Å². The van der Waals surface area contributed by atoms with Crippen molar-refractivity contribution in [3.8, 4) is 0 Å². The Balaban J connectivity index is 1.57. The molecule has 1 fully saturated rings. The van der Waals surface area contributed by atoms with Gasteiger partial charge in [-0.3, -0.25) is 0 Å². The predicted octanol–water partition coefficient (Wildman–Crippen LogP) is 1.17. The minimum Gasteiger partial charge on any atom is -0.376 e. The number of ether oxygens (including phenoxy) is 1. The summed E-state index contributed by atoms with van der Waals surface area (Å²) >= 11 is 0. The molecule has 1 heterocycles. The number of aromatic nitrogens is 2. The van der Waals surface area contributed by atoms with Crippen molar-refractivity contribution in [1.82, 2.24) is 9.97 Å². The molecule has 17 heavy (non-hydrogen) atoms. The van der Waals surface area contributed by atoms with Crippen molar-refractivity contribution >= 4 is 5.95 Å². The van der Waals surface area contributed by atoms with Crippen molar-refractivity contribution in [2.75, 3.05) is 18.5 Å².